The summed E-state index contributed by atoms with van der Waals surface area (Å²) in [4.78, 5) is 4.39. The van der Waals surface area contributed by atoms with E-state index in [0.717, 1.165) is 0 Å². The van der Waals surface area contributed by atoms with Crippen molar-refractivity contribution in [3.63, 3.8) is 0 Å². The van der Waals surface area contributed by atoms with Crippen LogP contribution in [0.4, 0.5) is 5.82 Å². The van der Waals surface area contributed by atoms with Crippen LogP contribution in [0.15, 0.2) is 48.7 Å². The van der Waals surface area contributed by atoms with Crippen molar-refractivity contribution in [3.8, 4) is 6.07 Å². The Morgan fingerprint density at radius 1 is 1.35 bits per heavy atom. The van der Waals surface area contributed by atoms with Gasteiger partial charge in [-0.15, -0.1) is 0 Å². The van der Waals surface area contributed by atoms with Gasteiger partial charge in [-0.2, -0.15) is 5.26 Å². The van der Waals surface area contributed by atoms with Crippen LogP contribution in [0.25, 0.3) is 5.65 Å². The van der Waals surface area contributed by atoms with E-state index in [2.05, 4.69) is 16.4 Å². The molecular weight excluding hydrogens is 312 g/mol. The Bertz CT molecular complexity index is 895. The summed E-state index contributed by atoms with van der Waals surface area (Å²) in [5, 5.41) is 23.7. The fourth-order valence-corrected chi connectivity index (χ4v) is 2.60. The molecule has 0 aliphatic heterocycles. The van der Waals surface area contributed by atoms with Crippen molar-refractivity contribution in [2.24, 2.45) is 0 Å². The van der Waals surface area contributed by atoms with Crippen molar-refractivity contribution in [2.45, 2.75) is 12.5 Å². The first-order valence-corrected chi connectivity index (χ1v) is 7.48. The largest absolute Gasteiger partial charge is 0.384 e. The van der Waals surface area contributed by atoms with Crippen molar-refractivity contribution in [3.05, 3.63) is 64.9 Å². The molecule has 3 aromatic rings. The zero-order chi connectivity index (χ0) is 16.4. The maximum absolute atomic E-state index is 10.7. The number of imidazole rings is 1. The van der Waals surface area contributed by atoms with Crippen LogP contribution >= 0.6 is 11.6 Å². The Balaban J connectivity index is 1.87. The molecule has 116 valence electrons. The molecule has 0 aliphatic carbocycles. The number of benzene rings is 1. The Morgan fingerprint density at radius 3 is 2.91 bits per heavy atom. The number of hydrogen-bond donors (Lipinski definition) is 2. The number of nitrogens with one attached hydrogen (secondary N) is 1. The first-order valence-electron chi connectivity index (χ1n) is 7.11. The second-order valence-corrected chi connectivity index (χ2v) is 5.92. The van der Waals surface area contributed by atoms with E-state index in [9.17, 15) is 10.4 Å². The Hall–Kier alpha value is -2.55. The van der Waals surface area contributed by atoms with E-state index in [-0.39, 0.29) is 6.54 Å². The fourth-order valence-electron chi connectivity index (χ4n) is 2.41. The fraction of sp³-hybridized carbons (Fsp3) is 0.176. The number of nitrogens with zero attached hydrogens (tertiary/aromatic N) is 3. The SMILES string of the molecule is CC(O)(CNc1nc2ccccn2c1C#N)c1cccc(Cl)c1. The van der Waals surface area contributed by atoms with Crippen molar-refractivity contribution in [2.75, 3.05) is 11.9 Å². The summed E-state index contributed by atoms with van der Waals surface area (Å²) >= 11 is 5.98. The van der Waals surface area contributed by atoms with Gasteiger partial charge in [-0.25, -0.2) is 4.98 Å². The first-order chi connectivity index (χ1) is 11.0. The van der Waals surface area contributed by atoms with Crippen LogP contribution in [0.5, 0.6) is 0 Å². The lowest BCUT2D eigenvalue weighted by Gasteiger charge is -2.24. The standard InChI is InChI=1S/C17H15ClN4O/c1-17(23,12-5-4-6-13(18)9-12)11-20-16-14(10-19)22-8-3-2-7-15(22)21-16/h2-9,20,23H,11H2,1H3. The zero-order valence-electron chi connectivity index (χ0n) is 12.5. The topological polar surface area (TPSA) is 73.3 Å². The molecule has 0 saturated heterocycles. The summed E-state index contributed by atoms with van der Waals surface area (Å²) in [5.41, 5.74) is 0.629. The molecule has 0 aliphatic rings. The normalized spacial score (nSPS) is 13.5. The third kappa shape index (κ3) is 3.00. The smallest absolute Gasteiger partial charge is 0.168 e. The van der Waals surface area contributed by atoms with E-state index < -0.39 is 5.60 Å². The highest BCUT2D eigenvalue weighted by Crippen LogP contribution is 2.25. The molecule has 2 N–H and O–H groups in total. The highest BCUT2D eigenvalue weighted by molar-refractivity contribution is 6.30. The van der Waals surface area contributed by atoms with E-state index in [1.165, 1.54) is 0 Å². The zero-order valence-corrected chi connectivity index (χ0v) is 13.2. The van der Waals surface area contributed by atoms with Gasteiger partial charge in [0, 0.05) is 17.8 Å². The van der Waals surface area contributed by atoms with Gasteiger partial charge in [0.15, 0.2) is 11.5 Å². The van der Waals surface area contributed by atoms with Crippen LogP contribution in [-0.2, 0) is 5.60 Å². The Labute approximate surface area is 138 Å². The monoisotopic (exact) mass is 326 g/mol. The lowest BCUT2D eigenvalue weighted by atomic mass is 9.96. The van der Waals surface area contributed by atoms with Crippen LogP contribution in [0.1, 0.15) is 18.2 Å². The summed E-state index contributed by atoms with van der Waals surface area (Å²) in [5.74, 6) is 0.445. The van der Waals surface area contributed by atoms with Gasteiger partial charge in [0.2, 0.25) is 0 Å². The molecule has 0 bridgehead atoms. The number of rotatable bonds is 4. The Morgan fingerprint density at radius 2 is 2.17 bits per heavy atom. The number of fused-ring (bicyclic) bond motifs is 1. The number of aromatic nitrogens is 2. The van der Waals surface area contributed by atoms with Crippen molar-refractivity contribution >= 4 is 23.1 Å². The van der Waals surface area contributed by atoms with Crippen LogP contribution < -0.4 is 5.32 Å². The van der Waals surface area contributed by atoms with Gasteiger partial charge in [0.1, 0.15) is 17.3 Å². The molecule has 23 heavy (non-hydrogen) atoms. The van der Waals surface area contributed by atoms with Gasteiger partial charge >= 0.3 is 0 Å². The van der Waals surface area contributed by atoms with Gasteiger partial charge in [-0.3, -0.25) is 4.40 Å². The van der Waals surface area contributed by atoms with Crippen LogP contribution in [0.3, 0.4) is 0 Å². The minimum Gasteiger partial charge on any atom is -0.384 e. The highest BCUT2D eigenvalue weighted by Gasteiger charge is 2.24. The molecule has 0 radical (unpaired) electrons. The lowest BCUT2D eigenvalue weighted by Crippen LogP contribution is -2.31. The molecule has 0 fully saturated rings. The number of anilines is 1. The van der Waals surface area contributed by atoms with Crippen LogP contribution in [0.2, 0.25) is 5.02 Å². The lowest BCUT2D eigenvalue weighted by molar-refractivity contribution is 0.0714. The van der Waals surface area contributed by atoms with Crippen LogP contribution in [-0.4, -0.2) is 21.0 Å². The molecule has 1 aromatic carbocycles. The predicted molar refractivity (Wildman–Crippen MR) is 89.4 cm³/mol. The van der Waals surface area contributed by atoms with E-state index in [4.69, 9.17) is 11.6 Å². The molecule has 0 spiro atoms. The molecule has 1 unspecified atom stereocenters. The average Bonchev–Trinajstić information content (AvgIpc) is 2.90. The van der Waals surface area contributed by atoms with E-state index in [1.807, 2.05) is 24.3 Å². The van der Waals surface area contributed by atoms with Crippen molar-refractivity contribution < 1.29 is 5.11 Å². The molecule has 6 heteroatoms. The minimum absolute atomic E-state index is 0.200. The van der Waals surface area contributed by atoms with E-state index in [1.54, 1.807) is 35.7 Å². The summed E-state index contributed by atoms with van der Waals surface area (Å²) in [6.45, 7) is 1.89. The summed E-state index contributed by atoms with van der Waals surface area (Å²) < 4.78 is 1.70. The molecule has 5 nitrogen and oxygen atoms in total. The molecular formula is C17H15ClN4O. The quantitative estimate of drug-likeness (QED) is 0.772. The summed E-state index contributed by atoms with van der Waals surface area (Å²) in [6, 6.07) is 14.7. The molecule has 2 heterocycles. The third-order valence-corrected chi connectivity index (χ3v) is 3.92. The maximum Gasteiger partial charge on any atom is 0.168 e. The maximum atomic E-state index is 10.7. The van der Waals surface area contributed by atoms with Gasteiger partial charge in [-0.05, 0) is 36.8 Å². The number of nitriles is 1. The van der Waals surface area contributed by atoms with Crippen molar-refractivity contribution in [1.29, 1.82) is 5.26 Å². The van der Waals surface area contributed by atoms with Gasteiger partial charge < -0.3 is 10.4 Å². The average molecular weight is 327 g/mol. The number of hydrogen-bond acceptors (Lipinski definition) is 4. The molecule has 1 atom stereocenters. The first kappa shape index (κ1) is 15.3. The van der Waals surface area contributed by atoms with Crippen molar-refractivity contribution in [1.82, 2.24) is 9.38 Å². The third-order valence-electron chi connectivity index (χ3n) is 3.68. The van der Waals surface area contributed by atoms with E-state index >= 15 is 0 Å². The van der Waals surface area contributed by atoms with Gasteiger partial charge in [0.25, 0.3) is 0 Å². The minimum atomic E-state index is -1.15. The number of aliphatic hydroxyl groups is 1. The Kier molecular flexibility index (Phi) is 3.95. The molecule has 0 amide bonds. The predicted octanol–water partition coefficient (Wildman–Crippen LogP) is 3.18. The van der Waals surface area contributed by atoms with E-state index in [0.29, 0.717) is 27.7 Å². The molecule has 0 saturated carbocycles. The molecule has 3 rings (SSSR count). The second kappa shape index (κ2) is 5.92. The number of pyridine rings is 1. The highest BCUT2D eigenvalue weighted by atomic mass is 35.5. The second-order valence-electron chi connectivity index (χ2n) is 5.49. The molecule has 2 aromatic heterocycles. The van der Waals surface area contributed by atoms with Crippen LogP contribution in [0, 0.1) is 11.3 Å². The van der Waals surface area contributed by atoms with Gasteiger partial charge in [-0.1, -0.05) is 29.8 Å². The summed E-state index contributed by atoms with van der Waals surface area (Å²) in [7, 11) is 0. The summed E-state index contributed by atoms with van der Waals surface area (Å²) in [6.07, 6.45) is 1.78. The number of halogens is 1. The van der Waals surface area contributed by atoms with Gasteiger partial charge in [0.05, 0.1) is 0 Å².